The summed E-state index contributed by atoms with van der Waals surface area (Å²) in [5.41, 5.74) is 0. The van der Waals surface area contributed by atoms with Crippen LogP contribution in [0.2, 0.25) is 0 Å². The van der Waals surface area contributed by atoms with Crippen molar-refractivity contribution in [3.8, 4) is 0 Å². The summed E-state index contributed by atoms with van der Waals surface area (Å²) in [7, 11) is 7.27. The van der Waals surface area contributed by atoms with E-state index in [2.05, 4.69) is 10.2 Å². The van der Waals surface area contributed by atoms with Gasteiger partial charge < -0.3 is 29.3 Å². The molecule has 24 heavy (non-hydrogen) atoms. The van der Waals surface area contributed by atoms with E-state index >= 15 is 0 Å². The first-order valence-corrected chi connectivity index (χ1v) is 8.30. The maximum atomic E-state index is 11.7. The van der Waals surface area contributed by atoms with E-state index < -0.39 is 0 Å². The Morgan fingerprint density at radius 2 is 1.29 bits per heavy atom. The highest BCUT2D eigenvalue weighted by atomic mass is 16.5. The summed E-state index contributed by atoms with van der Waals surface area (Å²) in [6, 6.07) is 0. The zero-order valence-corrected chi connectivity index (χ0v) is 15.5. The van der Waals surface area contributed by atoms with Crippen molar-refractivity contribution in [1.82, 2.24) is 15.1 Å². The molecule has 8 heteroatoms. The monoisotopic (exact) mass is 347 g/mol. The molecule has 0 bridgehead atoms. The number of carbonyl (C=O) groups is 2. The molecule has 1 N–H and O–H groups in total. The number of hydrogen-bond acceptors (Lipinski definition) is 6. The largest absolute Gasteiger partial charge is 0.378 e. The van der Waals surface area contributed by atoms with Crippen molar-refractivity contribution in [3.63, 3.8) is 0 Å². The molecule has 0 atom stereocenters. The molecule has 0 aromatic rings. The minimum Gasteiger partial charge on any atom is -0.378 e. The fourth-order valence-corrected chi connectivity index (χ4v) is 1.65. The minimum absolute atomic E-state index is 0.0617. The highest BCUT2D eigenvalue weighted by Crippen LogP contribution is 1.96. The lowest BCUT2D eigenvalue weighted by Crippen LogP contribution is -2.31. The van der Waals surface area contributed by atoms with Crippen LogP contribution in [0.4, 0.5) is 0 Å². The minimum atomic E-state index is -0.129. The van der Waals surface area contributed by atoms with E-state index in [0.29, 0.717) is 46.2 Å². The van der Waals surface area contributed by atoms with E-state index in [1.165, 1.54) is 0 Å². The van der Waals surface area contributed by atoms with Gasteiger partial charge in [-0.1, -0.05) is 0 Å². The fourth-order valence-electron chi connectivity index (χ4n) is 1.65. The van der Waals surface area contributed by atoms with Crippen LogP contribution in [0.1, 0.15) is 12.8 Å². The number of carbonyl (C=O) groups excluding carboxylic acids is 2. The molecule has 8 nitrogen and oxygen atoms in total. The Kier molecular flexibility index (Phi) is 14.5. The number of hydrogen-bond donors (Lipinski definition) is 1. The van der Waals surface area contributed by atoms with E-state index in [-0.39, 0.29) is 24.7 Å². The number of amides is 2. The van der Waals surface area contributed by atoms with E-state index in [4.69, 9.17) is 14.2 Å². The fraction of sp³-hybridized carbons (Fsp3) is 0.875. The molecule has 0 aliphatic rings. The Labute approximate surface area is 145 Å². The first-order chi connectivity index (χ1) is 11.5. The summed E-state index contributed by atoms with van der Waals surface area (Å²) >= 11 is 0. The van der Waals surface area contributed by atoms with Gasteiger partial charge in [-0.2, -0.15) is 0 Å². The van der Waals surface area contributed by atoms with Crippen molar-refractivity contribution in [3.05, 3.63) is 0 Å². The number of rotatable bonds is 15. The SMILES string of the molecule is CNC(=O)CCC(=O)N(C)CCOCCOCCOCCN(C)C. The van der Waals surface area contributed by atoms with Gasteiger partial charge in [-0.3, -0.25) is 9.59 Å². The molecule has 0 aromatic heterocycles. The summed E-state index contributed by atoms with van der Waals surface area (Å²) in [5, 5.41) is 2.49. The van der Waals surface area contributed by atoms with Gasteiger partial charge >= 0.3 is 0 Å². The molecule has 0 heterocycles. The van der Waals surface area contributed by atoms with Crippen LogP contribution >= 0.6 is 0 Å². The molecule has 0 aliphatic carbocycles. The Morgan fingerprint density at radius 3 is 1.79 bits per heavy atom. The molecule has 142 valence electrons. The molecule has 2 amide bonds. The highest BCUT2D eigenvalue weighted by molar-refractivity contribution is 5.83. The van der Waals surface area contributed by atoms with Crippen LogP contribution in [0, 0.1) is 0 Å². The Balaban J connectivity index is 3.37. The van der Waals surface area contributed by atoms with Crippen LogP contribution in [-0.4, -0.2) is 103 Å². The van der Waals surface area contributed by atoms with Crippen molar-refractivity contribution in [1.29, 1.82) is 0 Å². The Hall–Kier alpha value is -1.22. The second-order valence-corrected chi connectivity index (χ2v) is 5.63. The summed E-state index contributed by atoms with van der Waals surface area (Å²) in [5.74, 6) is -0.191. The lowest BCUT2D eigenvalue weighted by atomic mass is 10.2. The average molecular weight is 347 g/mol. The molecule has 0 saturated heterocycles. The smallest absolute Gasteiger partial charge is 0.222 e. The third kappa shape index (κ3) is 14.4. The van der Waals surface area contributed by atoms with Crippen molar-refractivity contribution in [2.75, 3.05) is 80.9 Å². The van der Waals surface area contributed by atoms with E-state index in [0.717, 1.165) is 6.54 Å². The normalized spacial score (nSPS) is 10.9. The number of nitrogens with zero attached hydrogens (tertiary/aromatic N) is 2. The number of nitrogens with one attached hydrogen (secondary N) is 1. The molecule has 0 rings (SSSR count). The van der Waals surface area contributed by atoms with Crippen LogP contribution in [0.3, 0.4) is 0 Å². The second kappa shape index (κ2) is 15.3. The van der Waals surface area contributed by atoms with Gasteiger partial charge in [-0.05, 0) is 14.1 Å². The zero-order chi connectivity index (χ0) is 18.2. The van der Waals surface area contributed by atoms with Crippen molar-refractivity contribution < 1.29 is 23.8 Å². The van der Waals surface area contributed by atoms with Gasteiger partial charge in [0.25, 0.3) is 0 Å². The van der Waals surface area contributed by atoms with Crippen LogP contribution in [0.5, 0.6) is 0 Å². The molecular weight excluding hydrogens is 314 g/mol. The van der Waals surface area contributed by atoms with Crippen LogP contribution in [-0.2, 0) is 23.8 Å². The summed E-state index contributed by atoms with van der Waals surface area (Å²) < 4.78 is 16.2. The van der Waals surface area contributed by atoms with Gasteiger partial charge in [0, 0.05) is 40.0 Å². The molecule has 0 unspecified atom stereocenters. The molecule has 0 aliphatic heterocycles. The third-order valence-corrected chi connectivity index (χ3v) is 3.27. The second-order valence-electron chi connectivity index (χ2n) is 5.63. The summed E-state index contributed by atoms with van der Waals surface area (Å²) in [4.78, 5) is 26.5. The topological polar surface area (TPSA) is 80.3 Å². The van der Waals surface area contributed by atoms with E-state index in [1.54, 1.807) is 19.0 Å². The van der Waals surface area contributed by atoms with Gasteiger partial charge in [0.1, 0.15) is 0 Å². The van der Waals surface area contributed by atoms with Crippen molar-refractivity contribution >= 4 is 11.8 Å². The lowest BCUT2D eigenvalue weighted by molar-refractivity contribution is -0.133. The Bertz CT molecular complexity index is 340. The van der Waals surface area contributed by atoms with Crippen molar-refractivity contribution in [2.45, 2.75) is 12.8 Å². The number of likely N-dealkylation sites (N-methyl/N-ethyl adjacent to an activating group) is 2. The maximum absolute atomic E-state index is 11.7. The molecule has 0 aromatic carbocycles. The summed E-state index contributed by atoms with van der Waals surface area (Å²) in [6.45, 7) is 4.67. The van der Waals surface area contributed by atoms with Crippen LogP contribution in [0.25, 0.3) is 0 Å². The molecule has 0 radical (unpaired) electrons. The van der Waals surface area contributed by atoms with Gasteiger partial charge in [0.2, 0.25) is 11.8 Å². The average Bonchev–Trinajstić information content (AvgIpc) is 2.56. The predicted octanol–water partition coefficient (Wildman–Crippen LogP) is -0.418. The van der Waals surface area contributed by atoms with Gasteiger partial charge in [0.05, 0.1) is 39.6 Å². The highest BCUT2D eigenvalue weighted by Gasteiger charge is 2.10. The lowest BCUT2D eigenvalue weighted by Gasteiger charge is -2.17. The zero-order valence-electron chi connectivity index (χ0n) is 15.5. The molecular formula is C16H33N3O5. The summed E-state index contributed by atoms with van der Waals surface area (Å²) in [6.07, 6.45) is 0.429. The quantitative estimate of drug-likeness (QED) is 0.406. The standard InChI is InChI=1S/C16H33N3O5/c1-17-15(20)5-6-16(21)19(4)8-10-23-12-14-24-13-11-22-9-7-18(2)3/h5-14H2,1-4H3,(H,17,20). The Morgan fingerprint density at radius 1 is 0.792 bits per heavy atom. The third-order valence-electron chi connectivity index (χ3n) is 3.27. The molecule has 0 saturated carbocycles. The first-order valence-electron chi connectivity index (χ1n) is 8.30. The van der Waals surface area contributed by atoms with Crippen LogP contribution in [0.15, 0.2) is 0 Å². The first kappa shape index (κ1) is 22.8. The molecule has 0 fully saturated rings. The molecule has 0 spiro atoms. The van der Waals surface area contributed by atoms with Gasteiger partial charge in [0.15, 0.2) is 0 Å². The maximum Gasteiger partial charge on any atom is 0.222 e. The van der Waals surface area contributed by atoms with Crippen LogP contribution < -0.4 is 5.32 Å². The number of ether oxygens (including phenoxy) is 3. The van der Waals surface area contributed by atoms with Crippen molar-refractivity contribution in [2.24, 2.45) is 0 Å². The predicted molar refractivity (Wildman–Crippen MR) is 91.9 cm³/mol. The van der Waals surface area contributed by atoms with Gasteiger partial charge in [-0.25, -0.2) is 0 Å². The van der Waals surface area contributed by atoms with Gasteiger partial charge in [-0.15, -0.1) is 0 Å². The van der Waals surface area contributed by atoms with E-state index in [9.17, 15) is 9.59 Å². The van der Waals surface area contributed by atoms with E-state index in [1.807, 2.05) is 14.1 Å².